The van der Waals surface area contributed by atoms with E-state index in [1.165, 1.54) is 0 Å². The molecule has 0 saturated carbocycles. The molecule has 2 amide bonds. The second-order valence-electron chi connectivity index (χ2n) is 7.21. The Balaban J connectivity index is 2.04. The monoisotopic (exact) mass is 416 g/mol. The molecule has 0 aliphatic heterocycles. The molecule has 1 aromatic rings. The molecule has 0 spiro atoms. The average molecular weight is 416 g/mol. The van der Waals surface area contributed by atoms with Gasteiger partial charge < -0.3 is 10.2 Å². The summed E-state index contributed by atoms with van der Waals surface area (Å²) in [7, 11) is 0. The standard InChI is InChI=1S/C19H27F3N4O3/c1-3-5-6-10-26(9-4-2)15(28)11-14(27)23-13-8-7-12-16(19(20,21)22)18(29)25-24-17(12)13/h13H,3-11H2,1-2H3,(H,23,27)(H,25,29). The van der Waals surface area contributed by atoms with E-state index in [2.05, 4.69) is 17.3 Å². The van der Waals surface area contributed by atoms with E-state index in [0.29, 0.717) is 13.1 Å². The number of aromatic amines is 1. The fraction of sp³-hybridized carbons (Fsp3) is 0.684. The molecule has 0 bridgehead atoms. The summed E-state index contributed by atoms with van der Waals surface area (Å²) >= 11 is 0. The van der Waals surface area contributed by atoms with Gasteiger partial charge in [-0.2, -0.15) is 18.3 Å². The molecule has 0 fully saturated rings. The lowest BCUT2D eigenvalue weighted by molar-refractivity contribution is -0.139. The Morgan fingerprint density at radius 3 is 2.55 bits per heavy atom. The highest BCUT2D eigenvalue weighted by atomic mass is 19.4. The van der Waals surface area contributed by atoms with E-state index < -0.39 is 29.2 Å². The van der Waals surface area contributed by atoms with Crippen LogP contribution in [-0.2, 0) is 22.2 Å². The van der Waals surface area contributed by atoms with Crippen LogP contribution in [-0.4, -0.2) is 40.0 Å². The molecule has 1 aliphatic carbocycles. The maximum Gasteiger partial charge on any atom is 0.422 e. The van der Waals surface area contributed by atoms with E-state index in [1.54, 1.807) is 4.90 Å². The van der Waals surface area contributed by atoms with Gasteiger partial charge in [0.25, 0.3) is 5.56 Å². The first-order chi connectivity index (χ1) is 13.7. The molecule has 7 nitrogen and oxygen atoms in total. The summed E-state index contributed by atoms with van der Waals surface area (Å²) in [5, 5.41) is 8.17. The van der Waals surface area contributed by atoms with Gasteiger partial charge in [-0.1, -0.05) is 26.7 Å². The number of fused-ring (bicyclic) bond motifs is 1. The number of rotatable bonds is 9. The molecule has 162 valence electrons. The predicted molar refractivity (Wildman–Crippen MR) is 100 cm³/mol. The van der Waals surface area contributed by atoms with Gasteiger partial charge in [0.2, 0.25) is 11.8 Å². The van der Waals surface area contributed by atoms with Crippen LogP contribution in [0.25, 0.3) is 0 Å². The number of carbonyl (C=O) groups is 2. The number of halogens is 3. The number of hydrogen-bond donors (Lipinski definition) is 2. The summed E-state index contributed by atoms with van der Waals surface area (Å²) in [6.07, 6.45) is -1.35. The molecule has 2 N–H and O–H groups in total. The quantitative estimate of drug-likeness (QED) is 0.478. The molecular weight excluding hydrogens is 389 g/mol. The summed E-state index contributed by atoms with van der Waals surface area (Å²) < 4.78 is 39.5. The number of amides is 2. The Bertz CT molecular complexity index is 792. The number of H-pyrrole nitrogens is 1. The number of carbonyl (C=O) groups excluding carboxylic acids is 2. The molecule has 1 heterocycles. The van der Waals surface area contributed by atoms with Crippen LogP contribution in [0.3, 0.4) is 0 Å². The first-order valence-electron chi connectivity index (χ1n) is 9.94. The van der Waals surface area contributed by atoms with Crippen molar-refractivity contribution in [3.05, 3.63) is 27.2 Å². The van der Waals surface area contributed by atoms with Crippen molar-refractivity contribution in [1.29, 1.82) is 0 Å². The fourth-order valence-electron chi connectivity index (χ4n) is 3.58. The van der Waals surface area contributed by atoms with Crippen molar-refractivity contribution in [3.63, 3.8) is 0 Å². The second kappa shape index (κ2) is 9.89. The highest BCUT2D eigenvalue weighted by Gasteiger charge is 2.41. The van der Waals surface area contributed by atoms with E-state index in [1.807, 2.05) is 12.0 Å². The number of hydrogen-bond acceptors (Lipinski definition) is 4. The SMILES string of the molecule is CCCCCN(CCC)C(=O)CC(=O)NC1CCc2c1n[nH]c(=O)c2C(F)(F)F. The smallest absolute Gasteiger partial charge is 0.347 e. The Morgan fingerprint density at radius 2 is 1.93 bits per heavy atom. The topological polar surface area (TPSA) is 95.2 Å². The van der Waals surface area contributed by atoms with E-state index >= 15 is 0 Å². The maximum absolute atomic E-state index is 13.2. The van der Waals surface area contributed by atoms with Crippen molar-refractivity contribution in [1.82, 2.24) is 20.4 Å². The van der Waals surface area contributed by atoms with Crippen molar-refractivity contribution < 1.29 is 22.8 Å². The molecule has 0 aromatic carbocycles. The highest BCUT2D eigenvalue weighted by Crippen LogP contribution is 2.37. The van der Waals surface area contributed by atoms with Crippen molar-refractivity contribution in [2.24, 2.45) is 0 Å². The Morgan fingerprint density at radius 1 is 1.21 bits per heavy atom. The van der Waals surface area contributed by atoms with Crippen molar-refractivity contribution in [3.8, 4) is 0 Å². The molecule has 10 heteroatoms. The number of nitrogens with one attached hydrogen (secondary N) is 2. The first-order valence-corrected chi connectivity index (χ1v) is 9.94. The van der Waals surface area contributed by atoms with Gasteiger partial charge >= 0.3 is 6.18 Å². The minimum atomic E-state index is -4.80. The minimum Gasteiger partial charge on any atom is -0.347 e. The third kappa shape index (κ3) is 5.80. The van der Waals surface area contributed by atoms with E-state index in [-0.39, 0.29) is 36.4 Å². The Kier molecular flexibility index (Phi) is 7.80. The third-order valence-electron chi connectivity index (χ3n) is 4.94. The van der Waals surface area contributed by atoms with Crippen molar-refractivity contribution in [2.45, 2.75) is 71.0 Å². The number of aromatic nitrogens is 2. The molecule has 1 atom stereocenters. The minimum absolute atomic E-state index is 0.00563. The summed E-state index contributed by atoms with van der Waals surface area (Å²) in [6, 6.07) is -0.761. The fourth-order valence-corrected chi connectivity index (χ4v) is 3.58. The molecule has 1 aliphatic rings. The highest BCUT2D eigenvalue weighted by molar-refractivity contribution is 5.97. The van der Waals surface area contributed by atoms with Gasteiger partial charge in [0.15, 0.2) is 0 Å². The van der Waals surface area contributed by atoms with Gasteiger partial charge in [-0.15, -0.1) is 0 Å². The summed E-state index contributed by atoms with van der Waals surface area (Å²) in [4.78, 5) is 38.0. The summed E-state index contributed by atoms with van der Waals surface area (Å²) in [6.45, 7) is 5.14. The molecule has 1 unspecified atom stereocenters. The lowest BCUT2D eigenvalue weighted by atomic mass is 10.1. The Labute approximate surface area is 167 Å². The molecule has 29 heavy (non-hydrogen) atoms. The van der Waals surface area contributed by atoms with Gasteiger partial charge in [0, 0.05) is 13.1 Å². The van der Waals surface area contributed by atoms with Gasteiger partial charge in [-0.3, -0.25) is 14.4 Å². The lowest BCUT2D eigenvalue weighted by Crippen LogP contribution is -2.38. The molecule has 2 rings (SSSR count). The number of unbranched alkanes of at least 4 members (excludes halogenated alkanes) is 2. The predicted octanol–water partition coefficient (Wildman–Crippen LogP) is 2.71. The zero-order valence-electron chi connectivity index (χ0n) is 16.7. The molecular formula is C19H27F3N4O3. The van der Waals surface area contributed by atoms with Crippen LogP contribution in [0.4, 0.5) is 13.2 Å². The number of nitrogens with zero attached hydrogens (tertiary/aromatic N) is 2. The summed E-state index contributed by atoms with van der Waals surface area (Å²) in [5.74, 6) is -0.866. The number of alkyl halides is 3. The largest absolute Gasteiger partial charge is 0.422 e. The Hall–Kier alpha value is -2.39. The second-order valence-corrected chi connectivity index (χ2v) is 7.21. The lowest BCUT2D eigenvalue weighted by Gasteiger charge is -2.22. The van der Waals surface area contributed by atoms with Crippen LogP contribution in [0.5, 0.6) is 0 Å². The van der Waals surface area contributed by atoms with Crippen LogP contribution in [0, 0.1) is 0 Å². The van der Waals surface area contributed by atoms with Crippen LogP contribution < -0.4 is 10.9 Å². The zero-order valence-corrected chi connectivity index (χ0v) is 16.7. The average Bonchev–Trinajstić information content (AvgIpc) is 3.02. The molecule has 0 radical (unpaired) electrons. The van der Waals surface area contributed by atoms with Crippen LogP contribution in [0.2, 0.25) is 0 Å². The van der Waals surface area contributed by atoms with Crippen LogP contribution >= 0.6 is 0 Å². The van der Waals surface area contributed by atoms with Gasteiger partial charge in [-0.05, 0) is 31.2 Å². The van der Waals surface area contributed by atoms with E-state index in [0.717, 1.165) is 25.7 Å². The van der Waals surface area contributed by atoms with Gasteiger partial charge in [0.05, 0.1) is 11.7 Å². The summed E-state index contributed by atoms with van der Waals surface area (Å²) in [5.41, 5.74) is -2.74. The van der Waals surface area contributed by atoms with Crippen molar-refractivity contribution >= 4 is 11.8 Å². The van der Waals surface area contributed by atoms with Crippen LogP contribution in [0.15, 0.2) is 4.79 Å². The molecule has 1 aromatic heterocycles. The first kappa shape index (κ1) is 22.9. The van der Waals surface area contributed by atoms with E-state index in [9.17, 15) is 27.6 Å². The van der Waals surface area contributed by atoms with Gasteiger partial charge in [-0.25, -0.2) is 5.10 Å². The van der Waals surface area contributed by atoms with Crippen molar-refractivity contribution in [2.75, 3.05) is 13.1 Å². The third-order valence-corrected chi connectivity index (χ3v) is 4.94. The van der Waals surface area contributed by atoms with Crippen LogP contribution in [0.1, 0.15) is 75.2 Å². The van der Waals surface area contributed by atoms with E-state index in [4.69, 9.17) is 0 Å². The zero-order chi connectivity index (χ0) is 21.6. The maximum atomic E-state index is 13.2. The van der Waals surface area contributed by atoms with Gasteiger partial charge in [0.1, 0.15) is 12.0 Å². The molecule has 0 saturated heterocycles. The normalized spacial score (nSPS) is 15.8.